The molecule has 9 heteroatoms. The molecule has 2 fully saturated rings. The van der Waals surface area contributed by atoms with E-state index >= 15 is 0 Å². The number of hydrogen-bond acceptors (Lipinski definition) is 7. The summed E-state index contributed by atoms with van der Waals surface area (Å²) in [5.41, 5.74) is 1.95. The van der Waals surface area contributed by atoms with Gasteiger partial charge in [-0.25, -0.2) is 4.98 Å². The molecule has 0 bridgehead atoms. The third kappa shape index (κ3) is 4.60. The average Bonchev–Trinajstić information content (AvgIpc) is 3.30. The molecule has 2 aliphatic heterocycles. The topological polar surface area (TPSA) is 90.8 Å². The van der Waals surface area contributed by atoms with E-state index in [2.05, 4.69) is 20.2 Å². The molecule has 160 valence electrons. The van der Waals surface area contributed by atoms with E-state index in [0.717, 1.165) is 43.9 Å². The van der Waals surface area contributed by atoms with Crippen molar-refractivity contribution in [3.63, 3.8) is 0 Å². The first-order valence-corrected chi connectivity index (χ1v) is 10.6. The number of carboxylic acid groups (broad SMARTS) is 1. The number of halogens is 1. The van der Waals surface area contributed by atoms with Crippen LogP contribution in [-0.2, 0) is 9.53 Å². The molecule has 3 heterocycles. The lowest BCUT2D eigenvalue weighted by Gasteiger charge is -2.32. The van der Waals surface area contributed by atoms with Crippen molar-refractivity contribution in [2.45, 2.75) is 31.9 Å². The molecule has 0 aliphatic carbocycles. The van der Waals surface area contributed by atoms with Crippen LogP contribution in [0.15, 0.2) is 30.5 Å². The van der Waals surface area contributed by atoms with E-state index < -0.39 is 5.97 Å². The molecule has 8 nitrogen and oxygen atoms in total. The third-order valence-electron chi connectivity index (χ3n) is 5.73. The van der Waals surface area contributed by atoms with Crippen molar-refractivity contribution in [3.8, 4) is 0 Å². The Morgan fingerprint density at radius 1 is 1.27 bits per heavy atom. The third-order valence-corrected chi connectivity index (χ3v) is 6.00. The van der Waals surface area contributed by atoms with Crippen LogP contribution in [0.2, 0.25) is 5.02 Å². The number of carboxylic acids is 1. The first-order chi connectivity index (χ1) is 14.5. The van der Waals surface area contributed by atoms with Crippen LogP contribution in [-0.4, -0.2) is 54.0 Å². The summed E-state index contributed by atoms with van der Waals surface area (Å²) in [6.45, 7) is 2.26. The van der Waals surface area contributed by atoms with Crippen LogP contribution >= 0.6 is 11.6 Å². The molecular weight excluding hydrogens is 406 g/mol. The molecule has 2 aliphatic rings. The minimum Gasteiger partial charge on any atom is -0.481 e. The summed E-state index contributed by atoms with van der Waals surface area (Å²) in [5.74, 6) is 0.182. The maximum atomic E-state index is 11.1. The summed E-state index contributed by atoms with van der Waals surface area (Å²) in [4.78, 5) is 24.2. The molecule has 30 heavy (non-hydrogen) atoms. The molecule has 2 aromatic rings. The molecule has 2 N–H and O–H groups in total. The highest BCUT2D eigenvalue weighted by Crippen LogP contribution is 2.29. The highest BCUT2D eigenvalue weighted by atomic mass is 35.5. The molecule has 0 amide bonds. The van der Waals surface area contributed by atoms with Crippen LogP contribution in [0.3, 0.4) is 0 Å². The van der Waals surface area contributed by atoms with Gasteiger partial charge in [0.25, 0.3) is 0 Å². The fraction of sp³-hybridized carbons (Fsp3) is 0.476. The number of aliphatic carboxylic acids is 1. The van der Waals surface area contributed by atoms with Crippen molar-refractivity contribution < 1.29 is 14.6 Å². The molecular formula is C21H26ClN5O3. The number of piperidine rings is 1. The molecule has 0 radical (unpaired) electrons. The smallest absolute Gasteiger partial charge is 0.306 e. The van der Waals surface area contributed by atoms with Gasteiger partial charge in [0.05, 0.1) is 12.1 Å². The summed E-state index contributed by atoms with van der Waals surface area (Å²) < 4.78 is 5.72. The van der Waals surface area contributed by atoms with Crippen LogP contribution in [0, 0.1) is 5.92 Å². The molecule has 1 aromatic heterocycles. The normalized spacial score (nSPS) is 19.7. The summed E-state index contributed by atoms with van der Waals surface area (Å²) in [6.07, 6.45) is 4.91. The Bertz CT molecular complexity index is 881. The van der Waals surface area contributed by atoms with E-state index in [1.54, 1.807) is 6.20 Å². The molecule has 0 spiro atoms. The second-order valence-corrected chi connectivity index (χ2v) is 8.12. The van der Waals surface area contributed by atoms with Gasteiger partial charge in [-0.3, -0.25) is 4.79 Å². The Labute approximate surface area is 180 Å². The zero-order chi connectivity index (χ0) is 21.1. The average molecular weight is 432 g/mol. The van der Waals surface area contributed by atoms with Crippen LogP contribution in [0.25, 0.3) is 0 Å². The van der Waals surface area contributed by atoms with Gasteiger partial charge in [0.1, 0.15) is 11.3 Å². The minimum atomic E-state index is -0.693. The molecule has 2 saturated heterocycles. The van der Waals surface area contributed by atoms with Gasteiger partial charge in [-0.2, -0.15) is 4.98 Å². The molecule has 1 aromatic carbocycles. The highest BCUT2D eigenvalue weighted by Gasteiger charge is 2.25. The SMILES string of the molecule is CN(c1nc(Nc2ccc(N3CCC(C(=O)O)CC3)cc2)ncc1Cl)[C@@H]1CCCO1. The molecule has 4 rings (SSSR count). The van der Waals surface area contributed by atoms with Gasteiger partial charge in [0.15, 0.2) is 5.82 Å². The monoisotopic (exact) mass is 431 g/mol. The number of carbonyl (C=O) groups is 1. The van der Waals surface area contributed by atoms with Gasteiger partial charge < -0.3 is 25.0 Å². The number of nitrogens with one attached hydrogen (secondary N) is 1. The summed E-state index contributed by atoms with van der Waals surface area (Å²) >= 11 is 6.32. The van der Waals surface area contributed by atoms with Crippen molar-refractivity contribution in [1.82, 2.24) is 9.97 Å². The van der Waals surface area contributed by atoms with E-state index in [0.29, 0.717) is 29.6 Å². The number of rotatable bonds is 6. The van der Waals surface area contributed by atoms with Crippen LogP contribution in [0.4, 0.5) is 23.1 Å². The maximum Gasteiger partial charge on any atom is 0.306 e. The number of aromatic nitrogens is 2. The van der Waals surface area contributed by atoms with Gasteiger partial charge in [0.2, 0.25) is 5.95 Å². The lowest BCUT2D eigenvalue weighted by atomic mass is 9.97. The number of ether oxygens (including phenoxy) is 1. The standard InChI is InChI=1S/C21H26ClN5O3/c1-26(18-3-2-12-30-18)19-17(22)13-23-21(25-19)24-15-4-6-16(7-5-15)27-10-8-14(9-11-27)20(28)29/h4-7,13-14,18H,2-3,8-12H2,1H3,(H,28,29)(H,23,24,25)/t18-/m0/s1. The first-order valence-electron chi connectivity index (χ1n) is 10.2. The zero-order valence-corrected chi connectivity index (χ0v) is 17.7. The van der Waals surface area contributed by atoms with E-state index in [9.17, 15) is 4.79 Å². The van der Waals surface area contributed by atoms with Crippen LogP contribution in [0.1, 0.15) is 25.7 Å². The van der Waals surface area contributed by atoms with E-state index in [1.165, 1.54) is 0 Å². The highest BCUT2D eigenvalue weighted by molar-refractivity contribution is 6.32. The number of anilines is 4. The van der Waals surface area contributed by atoms with Crippen molar-refractivity contribution in [1.29, 1.82) is 0 Å². The van der Waals surface area contributed by atoms with Gasteiger partial charge in [-0.1, -0.05) is 11.6 Å². The second-order valence-electron chi connectivity index (χ2n) is 7.72. The molecule has 0 unspecified atom stereocenters. The second kappa shape index (κ2) is 9.06. The Hall–Kier alpha value is -2.58. The van der Waals surface area contributed by atoms with Gasteiger partial charge in [-0.15, -0.1) is 0 Å². The van der Waals surface area contributed by atoms with Crippen LogP contribution < -0.4 is 15.1 Å². The number of hydrogen-bond donors (Lipinski definition) is 2. The predicted molar refractivity (Wildman–Crippen MR) is 117 cm³/mol. The van der Waals surface area contributed by atoms with Crippen LogP contribution in [0.5, 0.6) is 0 Å². The lowest BCUT2D eigenvalue weighted by molar-refractivity contribution is -0.142. The van der Waals surface area contributed by atoms with E-state index in [-0.39, 0.29) is 12.1 Å². The quantitative estimate of drug-likeness (QED) is 0.714. The number of benzene rings is 1. The van der Waals surface area contributed by atoms with Crippen molar-refractivity contribution in [2.24, 2.45) is 5.92 Å². The number of nitrogens with zero attached hydrogens (tertiary/aromatic N) is 4. The Balaban J connectivity index is 1.41. The molecule has 1 atom stereocenters. The Kier molecular flexibility index (Phi) is 6.24. The van der Waals surface area contributed by atoms with Gasteiger partial charge in [-0.05, 0) is 49.9 Å². The lowest BCUT2D eigenvalue weighted by Crippen LogP contribution is -2.36. The van der Waals surface area contributed by atoms with E-state index in [1.807, 2.05) is 36.2 Å². The Morgan fingerprint density at radius 2 is 2.00 bits per heavy atom. The van der Waals surface area contributed by atoms with Crippen molar-refractivity contribution >= 4 is 40.7 Å². The summed E-state index contributed by atoms with van der Waals surface area (Å²) in [7, 11) is 1.93. The maximum absolute atomic E-state index is 11.1. The minimum absolute atomic E-state index is 0.0187. The fourth-order valence-electron chi connectivity index (χ4n) is 3.94. The van der Waals surface area contributed by atoms with Crippen molar-refractivity contribution in [3.05, 3.63) is 35.5 Å². The summed E-state index contributed by atoms with van der Waals surface area (Å²) in [5, 5.41) is 12.9. The fourth-order valence-corrected chi connectivity index (χ4v) is 4.16. The Morgan fingerprint density at radius 3 is 2.63 bits per heavy atom. The predicted octanol–water partition coefficient (Wildman–Crippen LogP) is 3.75. The summed E-state index contributed by atoms with van der Waals surface area (Å²) in [6, 6.07) is 8.00. The van der Waals surface area contributed by atoms with E-state index in [4.69, 9.17) is 21.4 Å². The zero-order valence-electron chi connectivity index (χ0n) is 16.9. The molecule has 0 saturated carbocycles. The first kappa shape index (κ1) is 20.7. The van der Waals surface area contributed by atoms with Gasteiger partial charge >= 0.3 is 5.97 Å². The van der Waals surface area contributed by atoms with Crippen molar-refractivity contribution in [2.75, 3.05) is 41.9 Å². The largest absolute Gasteiger partial charge is 0.481 e. The van der Waals surface area contributed by atoms with Gasteiger partial charge in [0, 0.05) is 38.1 Å².